The largest absolute Gasteiger partial charge is 0.478 e. The number of allylic oxidation sites excluding steroid dienone is 1. The number of nitrogens with one attached hydrogen (secondary N) is 3. The average molecular weight is 506 g/mol. The number of nitrogen functional groups attached to an aromatic ring is 1. The summed E-state index contributed by atoms with van der Waals surface area (Å²) in [6.07, 6.45) is 6.30. The van der Waals surface area contributed by atoms with Crippen LogP contribution in [0.1, 0.15) is 42.2 Å². The van der Waals surface area contributed by atoms with E-state index in [0.29, 0.717) is 33.8 Å². The van der Waals surface area contributed by atoms with E-state index >= 15 is 0 Å². The Morgan fingerprint density at radius 3 is 2.21 bits per heavy atom. The zero-order valence-electron chi connectivity index (χ0n) is 20.0. The highest BCUT2D eigenvalue weighted by Gasteiger charge is 2.12. The number of aromatic nitrogens is 1. The maximum Gasteiger partial charge on any atom is 0.335 e. The first-order chi connectivity index (χ1) is 18.3. The summed E-state index contributed by atoms with van der Waals surface area (Å²) in [7, 11) is 0. The molecule has 1 aromatic heterocycles. The van der Waals surface area contributed by atoms with Crippen LogP contribution in [0, 0.1) is 5.41 Å². The average Bonchev–Trinajstić information content (AvgIpc) is 2.94. The summed E-state index contributed by atoms with van der Waals surface area (Å²) in [5.74, 6) is -1.79. The van der Waals surface area contributed by atoms with Gasteiger partial charge in [-0.2, -0.15) is 0 Å². The third-order valence-corrected chi connectivity index (χ3v) is 5.56. The lowest BCUT2D eigenvalue weighted by molar-refractivity contribution is 0.0696. The molecule has 4 aromatic rings. The molecule has 188 valence electrons. The van der Waals surface area contributed by atoms with E-state index in [1.807, 2.05) is 6.07 Å². The monoisotopic (exact) mass is 505 g/mol. The van der Waals surface area contributed by atoms with Gasteiger partial charge in [0.2, 0.25) is 0 Å². The Balaban J connectivity index is 1.49. The quantitative estimate of drug-likeness (QED) is 0.168. The first-order valence-electron chi connectivity index (χ1n) is 11.4. The Morgan fingerprint density at radius 1 is 0.842 bits per heavy atom. The molecule has 3 aromatic carbocycles. The van der Waals surface area contributed by atoms with Gasteiger partial charge in [-0.3, -0.25) is 14.6 Å². The van der Waals surface area contributed by atoms with Crippen LogP contribution >= 0.6 is 0 Å². The van der Waals surface area contributed by atoms with Crippen LogP contribution in [-0.4, -0.2) is 33.6 Å². The second-order valence-corrected chi connectivity index (χ2v) is 8.17. The summed E-state index contributed by atoms with van der Waals surface area (Å²) < 4.78 is 0. The van der Waals surface area contributed by atoms with Gasteiger partial charge < -0.3 is 26.9 Å². The number of carboxylic acids is 1. The van der Waals surface area contributed by atoms with E-state index in [-0.39, 0.29) is 22.7 Å². The minimum atomic E-state index is -1.08. The second kappa shape index (κ2) is 11.4. The summed E-state index contributed by atoms with van der Waals surface area (Å²) in [4.78, 5) is 40.3. The molecule has 2 amide bonds. The van der Waals surface area contributed by atoms with Gasteiger partial charge in [0.25, 0.3) is 11.8 Å². The van der Waals surface area contributed by atoms with Gasteiger partial charge >= 0.3 is 5.97 Å². The number of hydrogen-bond donors (Lipinski definition) is 5. The van der Waals surface area contributed by atoms with Crippen molar-refractivity contribution >= 4 is 46.6 Å². The van der Waals surface area contributed by atoms with Gasteiger partial charge in [0.1, 0.15) is 0 Å². The van der Waals surface area contributed by atoms with Gasteiger partial charge in [0.15, 0.2) is 0 Å². The Morgan fingerprint density at radius 2 is 1.50 bits per heavy atom. The fraction of sp³-hybridized carbons (Fsp3) is 0. The summed E-state index contributed by atoms with van der Waals surface area (Å²) in [6, 6.07) is 20.8. The highest BCUT2D eigenvalue weighted by molar-refractivity contribution is 6.13. The Kier molecular flexibility index (Phi) is 7.69. The number of carboxylic acid groups (broad SMARTS) is 1. The van der Waals surface area contributed by atoms with Crippen LogP contribution in [0.25, 0.3) is 6.08 Å². The fourth-order valence-corrected chi connectivity index (χ4v) is 3.53. The van der Waals surface area contributed by atoms with Crippen molar-refractivity contribution in [2.75, 3.05) is 16.4 Å². The lowest BCUT2D eigenvalue weighted by Crippen LogP contribution is -2.13. The molecule has 1 heterocycles. The van der Waals surface area contributed by atoms with Crippen LogP contribution < -0.4 is 16.4 Å². The van der Waals surface area contributed by atoms with Gasteiger partial charge in [-0.05, 0) is 72.8 Å². The lowest BCUT2D eigenvalue weighted by Gasteiger charge is -2.10. The lowest BCUT2D eigenvalue weighted by atomic mass is 10.0. The first kappa shape index (κ1) is 25.5. The third-order valence-electron chi connectivity index (χ3n) is 5.56. The molecule has 0 saturated heterocycles. The van der Waals surface area contributed by atoms with Crippen molar-refractivity contribution in [3.63, 3.8) is 0 Å². The molecule has 0 aliphatic rings. The predicted molar refractivity (Wildman–Crippen MR) is 147 cm³/mol. The third kappa shape index (κ3) is 6.16. The van der Waals surface area contributed by atoms with E-state index in [4.69, 9.17) is 16.2 Å². The van der Waals surface area contributed by atoms with Gasteiger partial charge in [-0.25, -0.2) is 4.79 Å². The molecular weight excluding hydrogens is 482 g/mol. The van der Waals surface area contributed by atoms with E-state index in [1.54, 1.807) is 67.0 Å². The Hall–Kier alpha value is -5.57. The standard InChI is InChI=1S/C29H23N5O4/c30-24(12-10-21-17-32-15-14-26(21)34-28(36)18-4-2-1-3-5-18)23-16-22(11-13-25(23)31)33-27(35)19-6-8-20(9-7-19)29(37)38/h1-17,30H,31H2,(H,33,35)(H,37,38)(H,32,34,36)/b12-10+,30-24?. The van der Waals surface area contributed by atoms with Crippen molar-refractivity contribution in [1.82, 2.24) is 4.98 Å². The van der Waals surface area contributed by atoms with E-state index in [9.17, 15) is 14.4 Å². The maximum absolute atomic E-state index is 12.6. The number of rotatable bonds is 8. The van der Waals surface area contributed by atoms with Crippen LogP contribution in [0.5, 0.6) is 0 Å². The maximum atomic E-state index is 12.6. The number of amides is 2. The van der Waals surface area contributed by atoms with E-state index in [2.05, 4.69) is 15.6 Å². The van der Waals surface area contributed by atoms with Gasteiger partial charge in [-0.1, -0.05) is 18.2 Å². The number of nitrogens with two attached hydrogens (primary N) is 1. The Labute approximate surface area is 218 Å². The zero-order valence-corrected chi connectivity index (χ0v) is 20.0. The minimum Gasteiger partial charge on any atom is -0.478 e. The molecule has 0 bridgehead atoms. The number of hydrogen-bond acceptors (Lipinski definition) is 6. The van der Waals surface area contributed by atoms with Crippen molar-refractivity contribution in [3.05, 3.63) is 125 Å². The number of aromatic carboxylic acids is 1. The van der Waals surface area contributed by atoms with Crippen molar-refractivity contribution in [1.29, 1.82) is 5.41 Å². The smallest absolute Gasteiger partial charge is 0.335 e. The molecule has 0 fully saturated rings. The molecule has 0 spiro atoms. The van der Waals surface area contributed by atoms with E-state index in [0.717, 1.165) is 0 Å². The molecule has 0 unspecified atom stereocenters. The van der Waals surface area contributed by atoms with Gasteiger partial charge in [0, 0.05) is 46.0 Å². The van der Waals surface area contributed by atoms with Crippen molar-refractivity contribution in [3.8, 4) is 0 Å². The molecule has 0 radical (unpaired) electrons. The first-order valence-corrected chi connectivity index (χ1v) is 11.4. The molecule has 9 heteroatoms. The molecule has 0 atom stereocenters. The summed E-state index contributed by atoms with van der Waals surface area (Å²) in [6.45, 7) is 0. The van der Waals surface area contributed by atoms with Crippen LogP contribution in [-0.2, 0) is 0 Å². The highest BCUT2D eigenvalue weighted by atomic mass is 16.4. The molecule has 0 aliphatic carbocycles. The highest BCUT2D eigenvalue weighted by Crippen LogP contribution is 2.22. The van der Waals surface area contributed by atoms with Gasteiger partial charge in [-0.15, -0.1) is 0 Å². The second-order valence-electron chi connectivity index (χ2n) is 8.17. The topological polar surface area (TPSA) is 158 Å². The molecule has 0 aliphatic heterocycles. The van der Waals surface area contributed by atoms with Crippen molar-refractivity contribution < 1.29 is 19.5 Å². The molecule has 9 nitrogen and oxygen atoms in total. The number of anilines is 3. The molecule has 38 heavy (non-hydrogen) atoms. The number of pyridine rings is 1. The summed E-state index contributed by atoms with van der Waals surface area (Å²) >= 11 is 0. The number of nitrogens with zero attached hydrogens (tertiary/aromatic N) is 1. The van der Waals surface area contributed by atoms with Crippen molar-refractivity contribution in [2.45, 2.75) is 0 Å². The van der Waals surface area contributed by atoms with E-state index < -0.39 is 11.9 Å². The van der Waals surface area contributed by atoms with Crippen LogP contribution in [0.4, 0.5) is 17.1 Å². The molecule has 6 N–H and O–H groups in total. The zero-order chi connectivity index (χ0) is 27.1. The van der Waals surface area contributed by atoms with Crippen molar-refractivity contribution in [2.24, 2.45) is 0 Å². The SMILES string of the molecule is N=C(/C=C/c1cnccc1NC(=O)c1ccccc1)c1cc(NC(=O)c2ccc(C(=O)O)cc2)ccc1N. The summed E-state index contributed by atoms with van der Waals surface area (Å²) in [5.41, 5.74) is 9.30. The number of carbonyl (C=O) groups is 3. The fourth-order valence-electron chi connectivity index (χ4n) is 3.53. The predicted octanol–water partition coefficient (Wildman–Crippen LogP) is 4.95. The number of benzene rings is 3. The minimum absolute atomic E-state index is 0.0768. The van der Waals surface area contributed by atoms with E-state index in [1.165, 1.54) is 30.3 Å². The van der Waals surface area contributed by atoms with Crippen LogP contribution in [0.2, 0.25) is 0 Å². The molecule has 4 rings (SSSR count). The van der Waals surface area contributed by atoms with Gasteiger partial charge in [0.05, 0.1) is 17.0 Å². The Bertz CT molecular complexity index is 1550. The van der Waals surface area contributed by atoms with Crippen LogP contribution in [0.15, 0.2) is 97.3 Å². The molecular formula is C29H23N5O4. The number of carbonyl (C=O) groups excluding carboxylic acids is 2. The molecule has 0 saturated carbocycles. The normalized spacial score (nSPS) is 10.6. The summed E-state index contributed by atoms with van der Waals surface area (Å²) in [5, 5.41) is 23.1. The van der Waals surface area contributed by atoms with Crippen LogP contribution in [0.3, 0.4) is 0 Å².